The minimum Gasteiger partial charge on any atom is -0.497 e. The molecule has 0 amide bonds. The van der Waals surface area contributed by atoms with E-state index in [-0.39, 0.29) is 24.8 Å². The molecule has 0 fully saturated rings. The highest BCUT2D eigenvalue weighted by Crippen LogP contribution is 2.23. The molecule has 94 valence electrons. The van der Waals surface area contributed by atoms with E-state index in [0.29, 0.717) is 6.54 Å². The van der Waals surface area contributed by atoms with Gasteiger partial charge < -0.3 is 10.5 Å². The van der Waals surface area contributed by atoms with Crippen LogP contribution >= 0.6 is 24.8 Å². The van der Waals surface area contributed by atoms with Crippen molar-refractivity contribution in [2.75, 3.05) is 7.11 Å². The third-order valence-corrected chi connectivity index (χ3v) is 2.32. The maximum Gasteiger partial charge on any atom is 0.118 e. The molecule has 2 aromatic rings. The van der Waals surface area contributed by atoms with Crippen molar-refractivity contribution in [1.82, 2.24) is 10.2 Å². The summed E-state index contributed by atoms with van der Waals surface area (Å²) in [6.45, 7) is 0.484. The molecule has 0 bridgehead atoms. The maximum atomic E-state index is 5.60. The Morgan fingerprint density at radius 1 is 1.24 bits per heavy atom. The summed E-state index contributed by atoms with van der Waals surface area (Å²) in [5.41, 5.74) is 8.65. The first-order valence-corrected chi connectivity index (χ1v) is 4.72. The lowest BCUT2D eigenvalue weighted by Gasteiger charge is -2.03. The lowest BCUT2D eigenvalue weighted by atomic mass is 10.1. The van der Waals surface area contributed by atoms with Gasteiger partial charge in [0, 0.05) is 17.7 Å². The molecular formula is C11H15Cl2N3O. The summed E-state index contributed by atoms with van der Waals surface area (Å²) in [6.07, 6.45) is 1.75. The van der Waals surface area contributed by atoms with E-state index in [2.05, 4.69) is 10.2 Å². The molecule has 0 saturated heterocycles. The molecule has 1 heterocycles. The van der Waals surface area contributed by atoms with Gasteiger partial charge in [0.2, 0.25) is 0 Å². The predicted octanol–water partition coefficient (Wildman–Crippen LogP) is 2.39. The number of nitrogens with zero attached hydrogens (tertiary/aromatic N) is 1. The van der Waals surface area contributed by atoms with E-state index < -0.39 is 0 Å². The molecule has 3 N–H and O–H groups in total. The molecule has 0 aliphatic heterocycles. The Hall–Kier alpha value is -1.23. The van der Waals surface area contributed by atoms with Crippen molar-refractivity contribution in [2.45, 2.75) is 6.54 Å². The number of rotatable bonds is 3. The van der Waals surface area contributed by atoms with Crippen LogP contribution in [0.2, 0.25) is 0 Å². The molecule has 0 aliphatic rings. The van der Waals surface area contributed by atoms with E-state index in [1.54, 1.807) is 13.3 Å². The highest BCUT2D eigenvalue weighted by molar-refractivity contribution is 5.85. The molecule has 0 aliphatic carbocycles. The third kappa shape index (κ3) is 3.36. The predicted molar refractivity (Wildman–Crippen MR) is 73.0 cm³/mol. The van der Waals surface area contributed by atoms with Gasteiger partial charge in [-0.3, -0.25) is 5.10 Å². The van der Waals surface area contributed by atoms with Crippen LogP contribution in [0.25, 0.3) is 11.3 Å². The van der Waals surface area contributed by atoms with Gasteiger partial charge in [-0.15, -0.1) is 24.8 Å². The van der Waals surface area contributed by atoms with E-state index in [1.807, 2.05) is 24.3 Å². The fourth-order valence-electron chi connectivity index (χ4n) is 1.47. The largest absolute Gasteiger partial charge is 0.497 e. The van der Waals surface area contributed by atoms with Gasteiger partial charge in [-0.05, 0) is 24.3 Å². The molecule has 0 unspecified atom stereocenters. The van der Waals surface area contributed by atoms with Crippen LogP contribution in [-0.4, -0.2) is 17.3 Å². The SMILES string of the molecule is COc1ccc(-c2[nH]ncc2CN)cc1.Cl.Cl. The van der Waals surface area contributed by atoms with Gasteiger partial charge >= 0.3 is 0 Å². The van der Waals surface area contributed by atoms with Crippen molar-refractivity contribution in [1.29, 1.82) is 0 Å². The molecule has 1 aromatic heterocycles. The quantitative estimate of drug-likeness (QED) is 0.904. The van der Waals surface area contributed by atoms with Gasteiger partial charge in [-0.2, -0.15) is 5.10 Å². The summed E-state index contributed by atoms with van der Waals surface area (Å²) >= 11 is 0. The number of hydrogen-bond acceptors (Lipinski definition) is 3. The minimum atomic E-state index is 0. The molecule has 0 radical (unpaired) electrons. The van der Waals surface area contributed by atoms with Crippen molar-refractivity contribution < 1.29 is 4.74 Å². The van der Waals surface area contributed by atoms with Crippen LogP contribution in [0.3, 0.4) is 0 Å². The number of methoxy groups -OCH3 is 1. The van der Waals surface area contributed by atoms with Gasteiger partial charge in [0.15, 0.2) is 0 Å². The zero-order valence-electron chi connectivity index (χ0n) is 9.34. The van der Waals surface area contributed by atoms with Gasteiger partial charge in [-0.1, -0.05) is 0 Å². The number of aromatic amines is 1. The standard InChI is InChI=1S/C11H13N3O.2ClH/c1-15-10-4-2-8(3-5-10)11-9(6-12)7-13-14-11;;/h2-5,7H,6,12H2,1H3,(H,13,14);2*1H. The lowest BCUT2D eigenvalue weighted by molar-refractivity contribution is 0.415. The third-order valence-electron chi connectivity index (χ3n) is 2.32. The van der Waals surface area contributed by atoms with Gasteiger partial charge in [0.05, 0.1) is 19.0 Å². The Morgan fingerprint density at radius 3 is 2.41 bits per heavy atom. The van der Waals surface area contributed by atoms with Gasteiger partial charge in [0.1, 0.15) is 5.75 Å². The zero-order chi connectivity index (χ0) is 10.7. The molecule has 1 aromatic carbocycles. The average molecular weight is 276 g/mol. The summed E-state index contributed by atoms with van der Waals surface area (Å²) in [5.74, 6) is 0.840. The lowest BCUT2D eigenvalue weighted by Crippen LogP contribution is -1.96. The van der Waals surface area contributed by atoms with Crippen molar-refractivity contribution in [3.8, 4) is 17.0 Å². The van der Waals surface area contributed by atoms with Crippen LogP contribution in [0.1, 0.15) is 5.56 Å². The Bertz CT molecular complexity index is 442. The number of H-pyrrole nitrogens is 1. The van der Waals surface area contributed by atoms with Crippen molar-refractivity contribution >= 4 is 24.8 Å². The number of nitrogens with one attached hydrogen (secondary N) is 1. The summed E-state index contributed by atoms with van der Waals surface area (Å²) < 4.78 is 5.09. The summed E-state index contributed by atoms with van der Waals surface area (Å²) in [4.78, 5) is 0. The highest BCUT2D eigenvalue weighted by atomic mass is 35.5. The summed E-state index contributed by atoms with van der Waals surface area (Å²) in [6, 6.07) is 7.78. The number of benzene rings is 1. The van der Waals surface area contributed by atoms with E-state index in [1.165, 1.54) is 0 Å². The number of aromatic nitrogens is 2. The first kappa shape index (κ1) is 15.8. The molecule has 4 nitrogen and oxygen atoms in total. The topological polar surface area (TPSA) is 63.9 Å². The van der Waals surface area contributed by atoms with Crippen LogP contribution in [0, 0.1) is 0 Å². The average Bonchev–Trinajstić information content (AvgIpc) is 2.77. The van der Waals surface area contributed by atoms with Crippen LogP contribution in [-0.2, 0) is 6.54 Å². The highest BCUT2D eigenvalue weighted by Gasteiger charge is 2.05. The second-order valence-corrected chi connectivity index (χ2v) is 3.20. The Labute approximate surface area is 112 Å². The Kier molecular flexibility index (Phi) is 6.65. The van der Waals surface area contributed by atoms with E-state index in [9.17, 15) is 0 Å². The van der Waals surface area contributed by atoms with E-state index in [0.717, 1.165) is 22.6 Å². The zero-order valence-corrected chi connectivity index (χ0v) is 11.0. The number of ether oxygens (including phenoxy) is 1. The van der Waals surface area contributed by atoms with Gasteiger partial charge in [0.25, 0.3) is 0 Å². The molecular weight excluding hydrogens is 261 g/mol. The van der Waals surface area contributed by atoms with Crippen LogP contribution in [0.5, 0.6) is 5.75 Å². The summed E-state index contributed by atoms with van der Waals surface area (Å²) in [7, 11) is 1.65. The fourth-order valence-corrected chi connectivity index (χ4v) is 1.47. The molecule has 2 rings (SSSR count). The van der Waals surface area contributed by atoms with E-state index >= 15 is 0 Å². The van der Waals surface area contributed by atoms with Crippen molar-refractivity contribution in [3.63, 3.8) is 0 Å². The molecule has 0 atom stereocenters. The van der Waals surface area contributed by atoms with E-state index in [4.69, 9.17) is 10.5 Å². The second kappa shape index (κ2) is 7.17. The Morgan fingerprint density at radius 2 is 1.88 bits per heavy atom. The first-order valence-electron chi connectivity index (χ1n) is 4.72. The van der Waals surface area contributed by atoms with Crippen LogP contribution in [0.4, 0.5) is 0 Å². The molecule has 0 spiro atoms. The monoisotopic (exact) mass is 275 g/mol. The number of nitrogens with two attached hydrogens (primary N) is 1. The van der Waals surface area contributed by atoms with Crippen LogP contribution < -0.4 is 10.5 Å². The molecule has 0 saturated carbocycles. The normalized spacial score (nSPS) is 9.06. The second-order valence-electron chi connectivity index (χ2n) is 3.20. The first-order chi connectivity index (χ1) is 7.35. The fraction of sp³-hybridized carbons (Fsp3) is 0.182. The van der Waals surface area contributed by atoms with Crippen molar-refractivity contribution in [3.05, 3.63) is 36.0 Å². The maximum absolute atomic E-state index is 5.60. The molecule has 6 heteroatoms. The smallest absolute Gasteiger partial charge is 0.118 e. The number of hydrogen-bond donors (Lipinski definition) is 2. The summed E-state index contributed by atoms with van der Waals surface area (Å²) in [5, 5.41) is 6.92. The molecule has 17 heavy (non-hydrogen) atoms. The van der Waals surface area contributed by atoms with Crippen molar-refractivity contribution in [2.24, 2.45) is 5.73 Å². The number of halogens is 2. The van der Waals surface area contributed by atoms with Gasteiger partial charge in [-0.25, -0.2) is 0 Å². The van der Waals surface area contributed by atoms with Crippen LogP contribution in [0.15, 0.2) is 30.5 Å². The Balaban J connectivity index is 0.00000128. The minimum absolute atomic E-state index is 0.